The van der Waals surface area contributed by atoms with Gasteiger partial charge in [-0.3, -0.25) is 4.79 Å². The number of carbonyl (C=O) groups excluding carboxylic acids is 1. The minimum Gasteiger partial charge on any atom is -0.381 e. The number of aromatic amines is 1. The van der Waals surface area contributed by atoms with Gasteiger partial charge in [-0.05, 0) is 31.1 Å². The standard InChI is InChI=1S/C13H20N4O3/c18-12(15-11-8-14-17-16-11)7-10-1-2-13(9-20-10)3-5-19-6-4-13/h8,10H,1-7,9H2,(H2,14,15,16,17,18). The number of nitrogens with zero attached hydrogens (tertiary/aromatic N) is 2. The van der Waals surface area contributed by atoms with Crippen LogP contribution in [0.2, 0.25) is 0 Å². The minimum atomic E-state index is -0.0770. The van der Waals surface area contributed by atoms with Crippen LogP contribution >= 0.6 is 0 Å². The lowest BCUT2D eigenvalue weighted by Crippen LogP contribution is -2.41. The monoisotopic (exact) mass is 280 g/mol. The number of H-pyrrole nitrogens is 1. The lowest BCUT2D eigenvalue weighted by molar-refractivity contribution is -0.128. The summed E-state index contributed by atoms with van der Waals surface area (Å²) in [4.78, 5) is 11.9. The molecule has 2 N–H and O–H groups in total. The third-order valence-electron chi connectivity index (χ3n) is 4.27. The Morgan fingerprint density at radius 1 is 1.45 bits per heavy atom. The van der Waals surface area contributed by atoms with Gasteiger partial charge in [0.05, 0.1) is 25.3 Å². The number of hydrogen-bond acceptors (Lipinski definition) is 5. The predicted molar refractivity (Wildman–Crippen MR) is 71.1 cm³/mol. The summed E-state index contributed by atoms with van der Waals surface area (Å²) in [6, 6.07) is 0. The molecule has 110 valence electrons. The molecule has 7 heteroatoms. The molecule has 0 saturated carbocycles. The first-order valence-electron chi connectivity index (χ1n) is 7.11. The topological polar surface area (TPSA) is 89.1 Å². The van der Waals surface area contributed by atoms with E-state index in [1.807, 2.05) is 0 Å². The van der Waals surface area contributed by atoms with Gasteiger partial charge in [0.1, 0.15) is 0 Å². The highest BCUT2D eigenvalue weighted by molar-refractivity contribution is 5.89. The molecule has 0 bridgehead atoms. The Morgan fingerprint density at radius 3 is 2.95 bits per heavy atom. The van der Waals surface area contributed by atoms with Crippen LogP contribution in [0.5, 0.6) is 0 Å². The van der Waals surface area contributed by atoms with Gasteiger partial charge in [-0.2, -0.15) is 10.3 Å². The van der Waals surface area contributed by atoms with Crippen LogP contribution in [-0.4, -0.2) is 47.2 Å². The Hall–Kier alpha value is -1.47. The lowest BCUT2D eigenvalue weighted by Gasteiger charge is -2.42. The highest BCUT2D eigenvalue weighted by Crippen LogP contribution is 2.40. The number of nitrogens with one attached hydrogen (secondary N) is 2. The summed E-state index contributed by atoms with van der Waals surface area (Å²) in [5.41, 5.74) is 0.289. The van der Waals surface area contributed by atoms with Gasteiger partial charge in [0.15, 0.2) is 5.82 Å². The molecular formula is C13H20N4O3. The van der Waals surface area contributed by atoms with Crippen molar-refractivity contribution in [3.8, 4) is 0 Å². The molecular weight excluding hydrogens is 260 g/mol. The van der Waals surface area contributed by atoms with Crippen molar-refractivity contribution in [2.24, 2.45) is 5.41 Å². The van der Waals surface area contributed by atoms with Crippen molar-refractivity contribution in [3.63, 3.8) is 0 Å². The van der Waals surface area contributed by atoms with Crippen molar-refractivity contribution in [1.82, 2.24) is 15.4 Å². The Morgan fingerprint density at radius 2 is 2.30 bits per heavy atom. The molecule has 2 aliphatic rings. The second-order valence-electron chi connectivity index (χ2n) is 5.69. The second kappa shape index (κ2) is 5.88. The van der Waals surface area contributed by atoms with Gasteiger partial charge in [-0.1, -0.05) is 0 Å². The second-order valence-corrected chi connectivity index (χ2v) is 5.69. The summed E-state index contributed by atoms with van der Waals surface area (Å²) in [7, 11) is 0. The van der Waals surface area contributed by atoms with Gasteiger partial charge in [0, 0.05) is 13.2 Å². The summed E-state index contributed by atoms with van der Waals surface area (Å²) >= 11 is 0. The molecule has 1 amide bonds. The van der Waals surface area contributed by atoms with E-state index in [1.165, 1.54) is 6.20 Å². The van der Waals surface area contributed by atoms with Crippen LogP contribution in [0.1, 0.15) is 32.1 Å². The summed E-state index contributed by atoms with van der Waals surface area (Å²) in [5.74, 6) is 0.374. The van der Waals surface area contributed by atoms with Crippen molar-refractivity contribution in [2.45, 2.75) is 38.2 Å². The van der Waals surface area contributed by atoms with Gasteiger partial charge in [0.25, 0.3) is 0 Å². The smallest absolute Gasteiger partial charge is 0.228 e. The number of anilines is 1. The van der Waals surface area contributed by atoms with Crippen molar-refractivity contribution in [2.75, 3.05) is 25.1 Å². The third-order valence-corrected chi connectivity index (χ3v) is 4.27. The molecule has 3 heterocycles. The van der Waals surface area contributed by atoms with Crippen LogP contribution in [0.4, 0.5) is 5.82 Å². The normalized spacial score (nSPS) is 25.5. The van der Waals surface area contributed by atoms with Gasteiger partial charge in [-0.15, -0.1) is 5.10 Å². The number of aromatic nitrogens is 3. The SMILES string of the molecule is O=C(CC1CCC2(CCOCC2)CO1)Nc1cn[nH]n1. The first-order valence-corrected chi connectivity index (χ1v) is 7.11. The molecule has 3 rings (SSSR count). The maximum absolute atomic E-state index is 11.9. The molecule has 1 atom stereocenters. The molecule has 0 radical (unpaired) electrons. The zero-order valence-electron chi connectivity index (χ0n) is 11.4. The van der Waals surface area contributed by atoms with E-state index in [-0.39, 0.29) is 17.4 Å². The summed E-state index contributed by atoms with van der Waals surface area (Å²) < 4.78 is 11.3. The Kier molecular flexibility index (Phi) is 3.98. The number of amides is 1. The Bertz CT molecular complexity index is 432. The zero-order valence-corrected chi connectivity index (χ0v) is 11.4. The van der Waals surface area contributed by atoms with Gasteiger partial charge < -0.3 is 14.8 Å². The average molecular weight is 280 g/mol. The van der Waals surface area contributed by atoms with E-state index < -0.39 is 0 Å². The molecule has 0 aromatic carbocycles. The zero-order chi connectivity index (χ0) is 13.8. The number of rotatable bonds is 3. The number of hydrogen-bond donors (Lipinski definition) is 2. The van der Waals surface area contributed by atoms with E-state index in [9.17, 15) is 4.79 Å². The van der Waals surface area contributed by atoms with E-state index in [0.29, 0.717) is 12.2 Å². The van der Waals surface area contributed by atoms with Crippen LogP contribution in [0.3, 0.4) is 0 Å². The van der Waals surface area contributed by atoms with Crippen LogP contribution in [0.15, 0.2) is 6.20 Å². The first-order chi connectivity index (χ1) is 9.76. The Balaban J connectivity index is 1.45. The van der Waals surface area contributed by atoms with E-state index >= 15 is 0 Å². The molecule has 2 saturated heterocycles. The van der Waals surface area contributed by atoms with Crippen LogP contribution in [0.25, 0.3) is 0 Å². The van der Waals surface area contributed by atoms with Gasteiger partial charge in [-0.25, -0.2) is 0 Å². The fraction of sp³-hybridized carbons (Fsp3) is 0.769. The van der Waals surface area contributed by atoms with E-state index in [4.69, 9.17) is 9.47 Å². The fourth-order valence-electron chi connectivity index (χ4n) is 2.94. The van der Waals surface area contributed by atoms with Crippen molar-refractivity contribution < 1.29 is 14.3 Å². The summed E-state index contributed by atoms with van der Waals surface area (Å²) in [5, 5.41) is 12.6. The maximum Gasteiger partial charge on any atom is 0.228 e. The number of carbonyl (C=O) groups is 1. The first kappa shape index (κ1) is 13.5. The molecule has 2 fully saturated rings. The van der Waals surface area contributed by atoms with Crippen molar-refractivity contribution >= 4 is 11.7 Å². The highest BCUT2D eigenvalue weighted by Gasteiger charge is 2.37. The molecule has 2 aliphatic heterocycles. The molecule has 7 nitrogen and oxygen atoms in total. The van der Waals surface area contributed by atoms with E-state index in [0.717, 1.165) is 45.5 Å². The summed E-state index contributed by atoms with van der Waals surface area (Å²) in [6.07, 6.45) is 6.08. The molecule has 20 heavy (non-hydrogen) atoms. The van der Waals surface area contributed by atoms with Crippen molar-refractivity contribution in [1.29, 1.82) is 0 Å². The van der Waals surface area contributed by atoms with Gasteiger partial charge in [0.2, 0.25) is 5.91 Å². The largest absolute Gasteiger partial charge is 0.381 e. The average Bonchev–Trinajstić information content (AvgIpc) is 2.95. The Labute approximate surface area is 117 Å². The quantitative estimate of drug-likeness (QED) is 0.865. The minimum absolute atomic E-state index is 0.00960. The third kappa shape index (κ3) is 3.16. The lowest BCUT2D eigenvalue weighted by atomic mass is 9.75. The highest BCUT2D eigenvalue weighted by atomic mass is 16.5. The molecule has 1 unspecified atom stereocenters. The maximum atomic E-state index is 11.9. The number of ether oxygens (including phenoxy) is 2. The van der Waals surface area contributed by atoms with Crippen LogP contribution < -0.4 is 5.32 Å². The van der Waals surface area contributed by atoms with Crippen molar-refractivity contribution in [3.05, 3.63) is 6.20 Å². The van der Waals surface area contributed by atoms with Gasteiger partial charge >= 0.3 is 0 Å². The molecule has 0 aliphatic carbocycles. The predicted octanol–water partition coefficient (Wildman–Crippen LogP) is 1.11. The fourth-order valence-corrected chi connectivity index (χ4v) is 2.94. The molecule has 1 spiro atoms. The van der Waals surface area contributed by atoms with E-state index in [2.05, 4.69) is 20.7 Å². The van der Waals surface area contributed by atoms with Crippen LogP contribution in [0, 0.1) is 5.41 Å². The van der Waals surface area contributed by atoms with Crippen LogP contribution in [-0.2, 0) is 14.3 Å². The molecule has 1 aromatic rings. The summed E-state index contributed by atoms with van der Waals surface area (Å²) in [6.45, 7) is 2.42. The van der Waals surface area contributed by atoms with E-state index in [1.54, 1.807) is 0 Å². The molecule has 1 aromatic heterocycles.